The fraction of sp³-hybridized carbons (Fsp3) is 0.778. The quantitative estimate of drug-likeness (QED) is 0.655. The van der Waals surface area contributed by atoms with Gasteiger partial charge in [0.1, 0.15) is 0 Å². The van der Waals surface area contributed by atoms with Gasteiger partial charge in [-0.1, -0.05) is 0 Å². The molecule has 2 fully saturated rings. The zero-order chi connectivity index (χ0) is 16.9. The molecule has 5 nitrogen and oxygen atoms in total. The van der Waals surface area contributed by atoms with Crippen molar-refractivity contribution in [3.63, 3.8) is 0 Å². The molecule has 6 heteroatoms. The first-order valence-electron chi connectivity index (χ1n) is 9.37. The maximum absolute atomic E-state index is 4.89. The largest absolute Gasteiger partial charge is 0.357 e. The highest BCUT2D eigenvalue weighted by atomic mass is 32.1. The lowest BCUT2D eigenvalue weighted by molar-refractivity contribution is 0.249. The molecule has 2 saturated heterocycles. The molecule has 134 valence electrons. The van der Waals surface area contributed by atoms with Crippen LogP contribution >= 0.6 is 11.3 Å². The predicted octanol–water partition coefficient (Wildman–Crippen LogP) is 2.44. The number of thiazole rings is 1. The average molecular weight is 350 g/mol. The Kier molecular flexibility index (Phi) is 6.11. The molecule has 1 aromatic rings. The van der Waals surface area contributed by atoms with E-state index in [-0.39, 0.29) is 0 Å². The molecule has 0 spiro atoms. The van der Waals surface area contributed by atoms with E-state index < -0.39 is 0 Å². The van der Waals surface area contributed by atoms with Crippen LogP contribution in [0.1, 0.15) is 41.8 Å². The van der Waals surface area contributed by atoms with Gasteiger partial charge in [-0.3, -0.25) is 9.89 Å². The van der Waals surface area contributed by atoms with E-state index in [0.29, 0.717) is 0 Å². The third-order valence-electron chi connectivity index (χ3n) is 5.05. The fourth-order valence-corrected chi connectivity index (χ4v) is 4.76. The summed E-state index contributed by atoms with van der Waals surface area (Å²) in [6.45, 7) is 13.0. The number of aromatic nitrogens is 1. The SMILES string of the molecule is CCNC(=NCCc1sc(C)nc1C)N1CCC(N2CCCC2)C1. The minimum atomic E-state index is 0.725. The Bertz CT molecular complexity index is 562. The maximum atomic E-state index is 4.89. The number of hydrogen-bond donors (Lipinski definition) is 1. The van der Waals surface area contributed by atoms with Crippen molar-refractivity contribution < 1.29 is 0 Å². The van der Waals surface area contributed by atoms with E-state index in [1.54, 1.807) is 0 Å². The van der Waals surface area contributed by atoms with Gasteiger partial charge in [0.25, 0.3) is 0 Å². The van der Waals surface area contributed by atoms with E-state index in [4.69, 9.17) is 4.99 Å². The summed E-state index contributed by atoms with van der Waals surface area (Å²) in [7, 11) is 0. The first-order chi connectivity index (χ1) is 11.7. The summed E-state index contributed by atoms with van der Waals surface area (Å²) in [5, 5.41) is 4.65. The Morgan fingerprint density at radius 3 is 2.75 bits per heavy atom. The molecule has 3 rings (SSSR count). The molecule has 0 bridgehead atoms. The summed E-state index contributed by atoms with van der Waals surface area (Å²) in [6.07, 6.45) is 5.02. The van der Waals surface area contributed by atoms with Crippen LogP contribution in [0, 0.1) is 13.8 Å². The van der Waals surface area contributed by atoms with E-state index in [1.165, 1.54) is 42.9 Å². The van der Waals surface area contributed by atoms with E-state index in [0.717, 1.165) is 49.6 Å². The summed E-state index contributed by atoms with van der Waals surface area (Å²) in [6, 6.07) is 0.725. The first-order valence-corrected chi connectivity index (χ1v) is 10.2. The summed E-state index contributed by atoms with van der Waals surface area (Å²) in [5.41, 5.74) is 1.17. The topological polar surface area (TPSA) is 43.8 Å². The Balaban J connectivity index is 1.56. The molecule has 1 atom stereocenters. The van der Waals surface area contributed by atoms with Crippen LogP contribution in [0.25, 0.3) is 0 Å². The number of nitrogens with one attached hydrogen (secondary N) is 1. The van der Waals surface area contributed by atoms with E-state index >= 15 is 0 Å². The lowest BCUT2D eigenvalue weighted by atomic mass is 10.2. The number of likely N-dealkylation sites (tertiary alicyclic amines) is 2. The molecule has 1 unspecified atom stereocenters. The van der Waals surface area contributed by atoms with E-state index in [1.807, 2.05) is 11.3 Å². The van der Waals surface area contributed by atoms with Crippen LogP contribution in [0.3, 0.4) is 0 Å². The van der Waals surface area contributed by atoms with Crippen LogP contribution in [0.15, 0.2) is 4.99 Å². The van der Waals surface area contributed by atoms with Crippen LogP contribution in [0.4, 0.5) is 0 Å². The summed E-state index contributed by atoms with van der Waals surface area (Å²) in [5.74, 6) is 1.10. The molecule has 3 heterocycles. The molecule has 0 saturated carbocycles. The van der Waals surface area contributed by atoms with Crippen LogP contribution in [-0.2, 0) is 6.42 Å². The lowest BCUT2D eigenvalue weighted by Gasteiger charge is -2.25. The summed E-state index contributed by atoms with van der Waals surface area (Å²) < 4.78 is 0. The van der Waals surface area contributed by atoms with Gasteiger partial charge in [-0.05, 0) is 53.1 Å². The molecule has 1 N–H and O–H groups in total. The minimum Gasteiger partial charge on any atom is -0.357 e. The molecular formula is C18H31N5S. The second-order valence-corrected chi connectivity index (χ2v) is 8.15. The van der Waals surface area contributed by atoms with Gasteiger partial charge in [-0.2, -0.15) is 0 Å². The number of guanidine groups is 1. The number of hydrogen-bond acceptors (Lipinski definition) is 4. The number of nitrogens with zero attached hydrogens (tertiary/aromatic N) is 4. The Labute approximate surface area is 150 Å². The highest BCUT2D eigenvalue weighted by Crippen LogP contribution is 2.21. The predicted molar refractivity (Wildman–Crippen MR) is 102 cm³/mol. The molecule has 1 aromatic heterocycles. The fourth-order valence-electron chi connectivity index (χ4n) is 3.83. The minimum absolute atomic E-state index is 0.725. The Morgan fingerprint density at radius 1 is 1.29 bits per heavy atom. The molecular weight excluding hydrogens is 318 g/mol. The molecule has 24 heavy (non-hydrogen) atoms. The maximum Gasteiger partial charge on any atom is 0.193 e. The van der Waals surface area contributed by atoms with Gasteiger partial charge >= 0.3 is 0 Å². The number of aliphatic imine (C=N–C) groups is 1. The van der Waals surface area contributed by atoms with Gasteiger partial charge in [-0.25, -0.2) is 4.98 Å². The van der Waals surface area contributed by atoms with Gasteiger partial charge in [-0.15, -0.1) is 11.3 Å². The molecule has 0 aliphatic carbocycles. The lowest BCUT2D eigenvalue weighted by Crippen LogP contribution is -2.42. The summed E-state index contributed by atoms with van der Waals surface area (Å²) in [4.78, 5) is 15.9. The third kappa shape index (κ3) is 4.28. The van der Waals surface area contributed by atoms with Crippen molar-refractivity contribution in [2.24, 2.45) is 4.99 Å². The van der Waals surface area contributed by atoms with Crippen molar-refractivity contribution in [2.75, 3.05) is 39.3 Å². The first kappa shape index (κ1) is 17.7. The molecule has 0 radical (unpaired) electrons. The van der Waals surface area contributed by atoms with Gasteiger partial charge in [0.15, 0.2) is 5.96 Å². The van der Waals surface area contributed by atoms with Crippen molar-refractivity contribution in [3.05, 3.63) is 15.6 Å². The van der Waals surface area contributed by atoms with Crippen molar-refractivity contribution >= 4 is 17.3 Å². The van der Waals surface area contributed by atoms with Crippen LogP contribution in [-0.4, -0.2) is 66.1 Å². The van der Waals surface area contributed by atoms with Crippen molar-refractivity contribution in [1.82, 2.24) is 20.1 Å². The average Bonchev–Trinajstić information content (AvgIpc) is 3.27. The van der Waals surface area contributed by atoms with Gasteiger partial charge in [0.05, 0.1) is 10.7 Å². The van der Waals surface area contributed by atoms with Gasteiger partial charge in [0.2, 0.25) is 0 Å². The highest BCUT2D eigenvalue weighted by molar-refractivity contribution is 7.11. The highest BCUT2D eigenvalue weighted by Gasteiger charge is 2.30. The monoisotopic (exact) mass is 349 g/mol. The summed E-state index contributed by atoms with van der Waals surface area (Å²) >= 11 is 1.81. The molecule has 2 aliphatic heterocycles. The van der Waals surface area contributed by atoms with E-state index in [2.05, 4.69) is 40.9 Å². The Morgan fingerprint density at radius 2 is 2.08 bits per heavy atom. The molecule has 0 aromatic carbocycles. The van der Waals surface area contributed by atoms with Crippen molar-refractivity contribution in [2.45, 2.75) is 52.5 Å². The van der Waals surface area contributed by atoms with Crippen LogP contribution < -0.4 is 5.32 Å². The van der Waals surface area contributed by atoms with Crippen LogP contribution in [0.2, 0.25) is 0 Å². The molecule has 0 amide bonds. The smallest absolute Gasteiger partial charge is 0.193 e. The zero-order valence-corrected chi connectivity index (χ0v) is 16.2. The normalized spacial score (nSPS) is 22.5. The van der Waals surface area contributed by atoms with Crippen molar-refractivity contribution in [3.8, 4) is 0 Å². The number of rotatable bonds is 5. The standard InChI is InChI=1S/C18H31N5S/c1-4-19-18(20-9-7-17-14(2)21-15(3)24-17)23-12-8-16(13-23)22-10-5-6-11-22/h16H,4-13H2,1-3H3,(H,19,20). The second-order valence-electron chi connectivity index (χ2n) is 6.86. The zero-order valence-electron chi connectivity index (χ0n) is 15.3. The second kappa shape index (κ2) is 8.30. The van der Waals surface area contributed by atoms with Gasteiger partial charge in [0, 0.05) is 43.5 Å². The van der Waals surface area contributed by atoms with Crippen LogP contribution in [0.5, 0.6) is 0 Å². The third-order valence-corrected chi connectivity index (χ3v) is 6.19. The van der Waals surface area contributed by atoms with Crippen molar-refractivity contribution in [1.29, 1.82) is 0 Å². The molecule has 2 aliphatic rings. The Hall–Kier alpha value is -1.14. The number of aryl methyl sites for hydroxylation is 2. The van der Waals surface area contributed by atoms with E-state index in [9.17, 15) is 0 Å². The van der Waals surface area contributed by atoms with Gasteiger partial charge < -0.3 is 10.2 Å².